The summed E-state index contributed by atoms with van der Waals surface area (Å²) in [6, 6.07) is 20.4. The van der Waals surface area contributed by atoms with E-state index in [1.165, 1.54) is 5.56 Å². The molecule has 1 aliphatic rings. The van der Waals surface area contributed by atoms with Gasteiger partial charge in [-0.3, -0.25) is 14.2 Å². The van der Waals surface area contributed by atoms with Crippen LogP contribution in [0, 0.1) is 0 Å². The molecule has 0 radical (unpaired) electrons. The first-order chi connectivity index (χ1) is 16.1. The molecule has 3 aromatic rings. The zero-order valence-electron chi connectivity index (χ0n) is 18.9. The molecule has 2 amide bonds. The molecule has 1 aliphatic heterocycles. The van der Waals surface area contributed by atoms with Crippen molar-refractivity contribution in [1.82, 2.24) is 24.6 Å². The highest BCUT2D eigenvalue weighted by Crippen LogP contribution is 2.24. The van der Waals surface area contributed by atoms with Crippen molar-refractivity contribution < 1.29 is 9.59 Å². The molecule has 7 nitrogen and oxygen atoms in total. The number of benzene rings is 2. The number of amides is 2. The lowest BCUT2D eigenvalue weighted by atomic mass is 10.1. The van der Waals surface area contributed by atoms with Gasteiger partial charge < -0.3 is 9.80 Å². The van der Waals surface area contributed by atoms with Crippen LogP contribution in [0.3, 0.4) is 0 Å². The largest absolute Gasteiger partial charge is 0.339 e. The van der Waals surface area contributed by atoms with Gasteiger partial charge in [0.25, 0.3) is 0 Å². The quantitative estimate of drug-likeness (QED) is 0.378. The lowest BCUT2D eigenvalue weighted by Gasteiger charge is -2.34. The molecule has 4 rings (SSSR count). The van der Waals surface area contributed by atoms with Crippen LogP contribution in [0.5, 0.6) is 0 Å². The van der Waals surface area contributed by atoms with Crippen molar-refractivity contribution in [2.75, 3.05) is 31.9 Å². The molecule has 0 aliphatic carbocycles. The van der Waals surface area contributed by atoms with E-state index in [4.69, 9.17) is 0 Å². The van der Waals surface area contributed by atoms with Gasteiger partial charge in [-0.1, -0.05) is 60.3 Å². The molecule has 1 fully saturated rings. The lowest BCUT2D eigenvalue weighted by molar-refractivity contribution is -0.138. The monoisotopic (exact) mass is 463 g/mol. The Morgan fingerprint density at radius 1 is 0.879 bits per heavy atom. The third kappa shape index (κ3) is 6.01. The average molecular weight is 464 g/mol. The Hall–Kier alpha value is -3.13. The van der Waals surface area contributed by atoms with Crippen molar-refractivity contribution in [3.05, 3.63) is 72.1 Å². The highest BCUT2D eigenvalue weighted by Gasteiger charge is 2.22. The summed E-state index contributed by atoms with van der Waals surface area (Å²) in [4.78, 5) is 27.7. The number of rotatable bonds is 8. The zero-order chi connectivity index (χ0) is 23.0. The van der Waals surface area contributed by atoms with Gasteiger partial charge in [-0.15, -0.1) is 10.2 Å². The number of carbonyl (C=O) groups excluding carboxylic acids is 2. The van der Waals surface area contributed by atoms with E-state index in [1.54, 1.807) is 23.6 Å². The van der Waals surface area contributed by atoms with Gasteiger partial charge in [0.2, 0.25) is 11.8 Å². The van der Waals surface area contributed by atoms with E-state index in [9.17, 15) is 9.59 Å². The van der Waals surface area contributed by atoms with Crippen LogP contribution in [-0.4, -0.2) is 68.3 Å². The van der Waals surface area contributed by atoms with Gasteiger partial charge in [-0.2, -0.15) is 0 Å². The first-order valence-electron chi connectivity index (χ1n) is 11.3. The second-order valence-corrected chi connectivity index (χ2v) is 9.13. The van der Waals surface area contributed by atoms with Crippen molar-refractivity contribution >= 4 is 23.6 Å². The third-order valence-corrected chi connectivity index (χ3v) is 6.78. The summed E-state index contributed by atoms with van der Waals surface area (Å²) in [7, 11) is 0. The summed E-state index contributed by atoms with van der Waals surface area (Å²) in [6.07, 6.45) is 1.98. The zero-order valence-corrected chi connectivity index (χ0v) is 19.7. The number of hydrogen-bond acceptors (Lipinski definition) is 5. The van der Waals surface area contributed by atoms with Gasteiger partial charge in [0.05, 0.1) is 0 Å². The van der Waals surface area contributed by atoms with E-state index < -0.39 is 0 Å². The van der Waals surface area contributed by atoms with Gasteiger partial charge in [-0.25, -0.2) is 0 Å². The van der Waals surface area contributed by atoms with Crippen molar-refractivity contribution in [2.24, 2.45) is 0 Å². The van der Waals surface area contributed by atoms with E-state index in [-0.39, 0.29) is 11.8 Å². The predicted octanol–water partition coefficient (Wildman–Crippen LogP) is 3.42. The van der Waals surface area contributed by atoms with Crippen molar-refractivity contribution in [3.63, 3.8) is 0 Å². The first kappa shape index (κ1) is 23.0. The predicted molar refractivity (Wildman–Crippen MR) is 129 cm³/mol. The van der Waals surface area contributed by atoms with Crippen LogP contribution in [0.2, 0.25) is 0 Å². The molecule has 0 unspecified atom stereocenters. The molecule has 172 valence electrons. The number of piperazine rings is 1. The van der Waals surface area contributed by atoms with Gasteiger partial charge in [-0.05, 0) is 24.1 Å². The van der Waals surface area contributed by atoms with Crippen molar-refractivity contribution in [2.45, 2.75) is 31.3 Å². The molecule has 2 heterocycles. The maximum Gasteiger partial charge on any atom is 0.222 e. The van der Waals surface area contributed by atoms with Crippen LogP contribution < -0.4 is 0 Å². The minimum atomic E-state index is 0.0765. The van der Waals surface area contributed by atoms with Gasteiger partial charge in [0, 0.05) is 57.4 Å². The second kappa shape index (κ2) is 11.1. The normalized spacial score (nSPS) is 13.8. The maximum absolute atomic E-state index is 12.6. The van der Waals surface area contributed by atoms with Crippen LogP contribution in [0.4, 0.5) is 0 Å². The molecule has 8 heteroatoms. The highest BCUT2D eigenvalue weighted by molar-refractivity contribution is 7.99. The molecule has 0 bridgehead atoms. The van der Waals surface area contributed by atoms with Crippen LogP contribution in [-0.2, 0) is 16.0 Å². The summed E-state index contributed by atoms with van der Waals surface area (Å²) < 4.78 is 2.11. The minimum absolute atomic E-state index is 0.0765. The van der Waals surface area contributed by atoms with E-state index in [0.29, 0.717) is 39.0 Å². The molecule has 0 N–H and O–H groups in total. The summed E-state index contributed by atoms with van der Waals surface area (Å²) in [5.41, 5.74) is 2.23. The lowest BCUT2D eigenvalue weighted by Crippen LogP contribution is -2.50. The number of nitrogens with zero attached hydrogens (tertiary/aromatic N) is 5. The Kier molecular flexibility index (Phi) is 7.78. The Morgan fingerprint density at radius 2 is 1.52 bits per heavy atom. The van der Waals surface area contributed by atoms with Crippen molar-refractivity contribution in [1.29, 1.82) is 0 Å². The fourth-order valence-electron chi connectivity index (χ4n) is 3.94. The molecular formula is C25H29N5O2S. The standard InChI is InChI=1S/C25H29N5O2S/c1-20(31)28-14-16-29(17-15-28)24(32)13-8-18-33-25-27-26-23(19-21-9-4-2-5-10-21)30(25)22-11-6-3-7-12-22/h2-7,9-12H,8,13-19H2,1H3. The molecule has 2 aromatic carbocycles. The third-order valence-electron chi connectivity index (χ3n) is 5.76. The van der Waals surface area contributed by atoms with Gasteiger partial charge in [0.15, 0.2) is 5.16 Å². The van der Waals surface area contributed by atoms with Gasteiger partial charge in [0.1, 0.15) is 5.82 Å². The van der Waals surface area contributed by atoms with Crippen LogP contribution in [0.25, 0.3) is 5.69 Å². The fourth-order valence-corrected chi connectivity index (χ4v) is 4.85. The first-order valence-corrected chi connectivity index (χ1v) is 12.3. The average Bonchev–Trinajstić information content (AvgIpc) is 3.25. The van der Waals surface area contributed by atoms with Gasteiger partial charge >= 0.3 is 0 Å². The van der Waals surface area contributed by atoms with Crippen LogP contribution in [0.1, 0.15) is 31.2 Å². The number of hydrogen-bond donors (Lipinski definition) is 0. The topological polar surface area (TPSA) is 71.3 Å². The summed E-state index contributed by atoms with van der Waals surface area (Å²) >= 11 is 1.63. The molecule has 0 atom stereocenters. The smallest absolute Gasteiger partial charge is 0.222 e. The minimum Gasteiger partial charge on any atom is -0.339 e. The van der Waals surface area contributed by atoms with E-state index in [2.05, 4.69) is 39.0 Å². The Morgan fingerprint density at radius 3 is 2.18 bits per heavy atom. The van der Waals surface area contributed by atoms with E-state index in [0.717, 1.165) is 28.8 Å². The Balaban J connectivity index is 1.35. The van der Waals surface area contributed by atoms with Crippen LogP contribution in [0.15, 0.2) is 65.8 Å². The second-order valence-electron chi connectivity index (χ2n) is 8.07. The summed E-state index contributed by atoms with van der Waals surface area (Å²) in [5, 5.41) is 9.79. The maximum atomic E-state index is 12.6. The van der Waals surface area contributed by atoms with E-state index >= 15 is 0 Å². The van der Waals surface area contributed by atoms with Crippen molar-refractivity contribution in [3.8, 4) is 5.69 Å². The molecule has 1 aromatic heterocycles. The number of para-hydroxylation sites is 1. The Bertz CT molecular complexity index is 1060. The van der Waals surface area contributed by atoms with Crippen LogP contribution >= 0.6 is 11.8 Å². The number of carbonyl (C=O) groups is 2. The number of aromatic nitrogens is 3. The Labute approximate surface area is 198 Å². The molecule has 0 saturated carbocycles. The molecule has 0 spiro atoms. The molecular weight excluding hydrogens is 434 g/mol. The summed E-state index contributed by atoms with van der Waals surface area (Å²) in [5.74, 6) is 1.92. The molecule has 1 saturated heterocycles. The molecule has 33 heavy (non-hydrogen) atoms. The highest BCUT2D eigenvalue weighted by atomic mass is 32.2. The number of thioether (sulfide) groups is 1. The van der Waals surface area contributed by atoms with E-state index in [1.807, 2.05) is 41.3 Å². The fraction of sp³-hybridized carbons (Fsp3) is 0.360. The SMILES string of the molecule is CC(=O)N1CCN(C(=O)CCCSc2nnc(Cc3ccccc3)n2-c2ccccc2)CC1. The summed E-state index contributed by atoms with van der Waals surface area (Å²) in [6.45, 7) is 4.07.